The molecule has 112 valence electrons. The molecule has 0 spiro atoms. The van der Waals surface area contributed by atoms with Crippen LogP contribution >= 0.6 is 11.6 Å². The second-order valence-electron chi connectivity index (χ2n) is 5.03. The molecule has 0 saturated heterocycles. The lowest BCUT2D eigenvalue weighted by molar-refractivity contribution is 0.400. The van der Waals surface area contributed by atoms with Crippen LogP contribution in [-0.2, 0) is 6.42 Å². The van der Waals surface area contributed by atoms with Crippen LogP contribution in [-0.4, -0.2) is 14.2 Å². The Balaban J connectivity index is 2.32. The van der Waals surface area contributed by atoms with Crippen LogP contribution in [0.25, 0.3) is 0 Å². The molecule has 0 radical (unpaired) electrons. The molecular formula is C17H19ClFNO. The second kappa shape index (κ2) is 6.92. The smallest absolute Gasteiger partial charge is 0.127 e. The summed E-state index contributed by atoms with van der Waals surface area (Å²) in [5, 5.41) is 3.63. The van der Waals surface area contributed by atoms with Gasteiger partial charge < -0.3 is 10.1 Å². The summed E-state index contributed by atoms with van der Waals surface area (Å²) in [6.07, 6.45) is 0.527. The van der Waals surface area contributed by atoms with Crippen LogP contribution in [0.2, 0.25) is 5.02 Å². The van der Waals surface area contributed by atoms with E-state index in [4.69, 9.17) is 16.3 Å². The van der Waals surface area contributed by atoms with E-state index in [-0.39, 0.29) is 11.9 Å². The molecule has 0 aliphatic carbocycles. The molecule has 0 fully saturated rings. The Morgan fingerprint density at radius 1 is 1.24 bits per heavy atom. The average molecular weight is 308 g/mol. The van der Waals surface area contributed by atoms with Crippen LogP contribution in [0.5, 0.6) is 5.75 Å². The van der Waals surface area contributed by atoms with E-state index in [2.05, 4.69) is 5.32 Å². The van der Waals surface area contributed by atoms with Gasteiger partial charge in [-0.15, -0.1) is 0 Å². The van der Waals surface area contributed by atoms with E-state index < -0.39 is 0 Å². The van der Waals surface area contributed by atoms with Gasteiger partial charge in [-0.25, -0.2) is 4.39 Å². The number of benzene rings is 2. The molecule has 4 heteroatoms. The third-order valence-electron chi connectivity index (χ3n) is 3.55. The molecule has 0 aliphatic rings. The lowest BCUT2D eigenvalue weighted by atomic mass is 9.97. The Morgan fingerprint density at radius 3 is 2.62 bits per heavy atom. The minimum Gasteiger partial charge on any atom is -0.496 e. The van der Waals surface area contributed by atoms with Crippen molar-refractivity contribution in [3.8, 4) is 5.75 Å². The Hall–Kier alpha value is -1.58. The zero-order valence-electron chi connectivity index (χ0n) is 12.4. The normalized spacial score (nSPS) is 12.2. The number of halogens is 2. The van der Waals surface area contributed by atoms with Gasteiger partial charge in [-0.1, -0.05) is 29.8 Å². The maximum Gasteiger partial charge on any atom is 0.127 e. The molecule has 2 aromatic rings. The zero-order chi connectivity index (χ0) is 15.4. The number of nitrogens with one attached hydrogen (secondary N) is 1. The summed E-state index contributed by atoms with van der Waals surface area (Å²) in [5.74, 6) is 0.526. The van der Waals surface area contributed by atoms with Crippen LogP contribution in [0.4, 0.5) is 4.39 Å². The number of likely N-dealkylation sites (N-methyl/N-ethyl adjacent to an activating group) is 1. The van der Waals surface area contributed by atoms with E-state index in [1.54, 1.807) is 19.2 Å². The molecule has 0 heterocycles. The van der Waals surface area contributed by atoms with Crippen molar-refractivity contribution in [2.45, 2.75) is 19.4 Å². The number of hydrogen-bond donors (Lipinski definition) is 1. The molecular weight excluding hydrogens is 289 g/mol. The predicted octanol–water partition coefficient (Wildman–Crippen LogP) is 4.30. The van der Waals surface area contributed by atoms with Gasteiger partial charge in [-0.3, -0.25) is 0 Å². The first-order chi connectivity index (χ1) is 10.0. The minimum atomic E-state index is -0.283. The van der Waals surface area contributed by atoms with Crippen LogP contribution in [0.3, 0.4) is 0 Å². The highest BCUT2D eigenvalue weighted by Crippen LogP contribution is 2.29. The monoisotopic (exact) mass is 307 g/mol. The van der Waals surface area contributed by atoms with Crippen molar-refractivity contribution in [2.24, 2.45) is 0 Å². The molecule has 0 aliphatic heterocycles. The van der Waals surface area contributed by atoms with E-state index >= 15 is 0 Å². The van der Waals surface area contributed by atoms with E-state index in [1.807, 2.05) is 32.2 Å². The Kier molecular flexibility index (Phi) is 5.21. The SMILES string of the molecule is CNC(Cc1ccc(Cl)cc1F)c1ccc(C)cc1OC. The van der Waals surface area contributed by atoms with Gasteiger partial charge in [0.05, 0.1) is 7.11 Å². The fourth-order valence-electron chi connectivity index (χ4n) is 2.38. The van der Waals surface area contributed by atoms with Gasteiger partial charge in [0.2, 0.25) is 0 Å². The van der Waals surface area contributed by atoms with Crippen molar-refractivity contribution < 1.29 is 9.13 Å². The molecule has 21 heavy (non-hydrogen) atoms. The first kappa shape index (κ1) is 15.8. The quantitative estimate of drug-likeness (QED) is 0.889. The van der Waals surface area contributed by atoms with E-state index in [1.165, 1.54) is 6.07 Å². The fourth-order valence-corrected chi connectivity index (χ4v) is 2.54. The minimum absolute atomic E-state index is 0.0313. The number of aryl methyl sites for hydroxylation is 1. The number of rotatable bonds is 5. The molecule has 0 amide bonds. The summed E-state index contributed by atoms with van der Waals surface area (Å²) < 4.78 is 19.4. The third-order valence-corrected chi connectivity index (χ3v) is 3.79. The van der Waals surface area contributed by atoms with E-state index in [0.717, 1.165) is 16.9 Å². The molecule has 1 N–H and O–H groups in total. The number of methoxy groups -OCH3 is 1. The van der Waals surface area contributed by atoms with Crippen molar-refractivity contribution in [1.29, 1.82) is 0 Å². The molecule has 2 rings (SSSR count). The fraction of sp³-hybridized carbons (Fsp3) is 0.294. The first-order valence-electron chi connectivity index (χ1n) is 6.81. The standard InChI is InChI=1S/C17H19ClFNO/c1-11-4-7-14(17(8-11)21-3)16(20-2)9-12-5-6-13(18)10-15(12)19/h4-8,10,16,20H,9H2,1-3H3. The van der Waals surface area contributed by atoms with Crippen molar-refractivity contribution >= 4 is 11.6 Å². The van der Waals surface area contributed by atoms with Crippen molar-refractivity contribution in [1.82, 2.24) is 5.32 Å². The van der Waals surface area contributed by atoms with Crippen LogP contribution in [0, 0.1) is 12.7 Å². The lowest BCUT2D eigenvalue weighted by Gasteiger charge is -2.20. The van der Waals surface area contributed by atoms with Gasteiger partial charge in [0.25, 0.3) is 0 Å². The van der Waals surface area contributed by atoms with Crippen LogP contribution in [0.1, 0.15) is 22.7 Å². The molecule has 0 saturated carbocycles. The van der Waals surface area contributed by atoms with Crippen molar-refractivity contribution in [3.05, 3.63) is 63.9 Å². The predicted molar refractivity (Wildman–Crippen MR) is 84.6 cm³/mol. The Morgan fingerprint density at radius 2 is 2.00 bits per heavy atom. The number of ether oxygens (including phenoxy) is 1. The lowest BCUT2D eigenvalue weighted by Crippen LogP contribution is -2.20. The average Bonchev–Trinajstić information content (AvgIpc) is 2.47. The molecule has 2 aromatic carbocycles. The van der Waals surface area contributed by atoms with Gasteiger partial charge >= 0.3 is 0 Å². The molecule has 0 bridgehead atoms. The molecule has 0 aromatic heterocycles. The second-order valence-corrected chi connectivity index (χ2v) is 5.46. The van der Waals surface area contributed by atoms with Crippen molar-refractivity contribution in [2.75, 3.05) is 14.2 Å². The van der Waals surface area contributed by atoms with Crippen molar-refractivity contribution in [3.63, 3.8) is 0 Å². The summed E-state index contributed by atoms with van der Waals surface area (Å²) in [6, 6.07) is 10.8. The summed E-state index contributed by atoms with van der Waals surface area (Å²) in [5.41, 5.74) is 2.77. The Labute approximate surface area is 129 Å². The largest absolute Gasteiger partial charge is 0.496 e. The van der Waals surface area contributed by atoms with E-state index in [9.17, 15) is 4.39 Å². The highest BCUT2D eigenvalue weighted by Gasteiger charge is 2.17. The molecule has 1 unspecified atom stereocenters. The zero-order valence-corrected chi connectivity index (χ0v) is 13.2. The van der Waals surface area contributed by atoms with Gasteiger partial charge in [-0.05, 0) is 49.7 Å². The summed E-state index contributed by atoms with van der Waals surface area (Å²) in [4.78, 5) is 0. The maximum atomic E-state index is 14.0. The van der Waals surface area contributed by atoms with Gasteiger partial charge in [-0.2, -0.15) is 0 Å². The van der Waals surface area contributed by atoms with E-state index in [0.29, 0.717) is 17.0 Å². The maximum absolute atomic E-state index is 14.0. The van der Waals surface area contributed by atoms with Gasteiger partial charge in [0, 0.05) is 16.6 Å². The van der Waals surface area contributed by atoms with Crippen LogP contribution < -0.4 is 10.1 Å². The van der Waals surface area contributed by atoms with Gasteiger partial charge in [0.1, 0.15) is 11.6 Å². The summed E-state index contributed by atoms with van der Waals surface area (Å²) >= 11 is 5.79. The molecule has 2 nitrogen and oxygen atoms in total. The highest BCUT2D eigenvalue weighted by atomic mass is 35.5. The first-order valence-corrected chi connectivity index (χ1v) is 7.18. The highest BCUT2D eigenvalue weighted by molar-refractivity contribution is 6.30. The third kappa shape index (κ3) is 3.74. The van der Waals surface area contributed by atoms with Gasteiger partial charge in [0.15, 0.2) is 0 Å². The molecule has 1 atom stereocenters. The summed E-state index contributed by atoms with van der Waals surface area (Å²) in [7, 11) is 3.51. The Bertz CT molecular complexity index is 630. The van der Waals surface area contributed by atoms with Crippen LogP contribution in [0.15, 0.2) is 36.4 Å². The number of hydrogen-bond acceptors (Lipinski definition) is 2. The topological polar surface area (TPSA) is 21.3 Å². The summed E-state index contributed by atoms with van der Waals surface area (Å²) in [6.45, 7) is 2.01.